The Hall–Kier alpha value is -3.16. The van der Waals surface area contributed by atoms with E-state index in [1.807, 2.05) is 13.0 Å². The van der Waals surface area contributed by atoms with E-state index in [1.54, 1.807) is 24.3 Å². The normalized spacial score (nSPS) is 17.3. The van der Waals surface area contributed by atoms with Crippen molar-refractivity contribution in [3.05, 3.63) is 89.5 Å². The van der Waals surface area contributed by atoms with Gasteiger partial charge >= 0.3 is 0 Å². The van der Waals surface area contributed by atoms with Crippen LogP contribution in [0.4, 0.5) is 17.6 Å². The lowest BCUT2D eigenvalue weighted by atomic mass is 9.98. The van der Waals surface area contributed by atoms with E-state index in [2.05, 4.69) is 13.0 Å². The fourth-order valence-corrected chi connectivity index (χ4v) is 4.94. The van der Waals surface area contributed by atoms with Gasteiger partial charge in [-0.25, -0.2) is 13.2 Å². The molecule has 1 fully saturated rings. The number of unbranched alkanes of at least 4 members (excludes halogenated alkanes) is 4. The number of hydrogen-bond donors (Lipinski definition) is 0. The van der Waals surface area contributed by atoms with Gasteiger partial charge in [0, 0.05) is 22.6 Å². The molecule has 0 amide bonds. The number of ether oxygens (including phenoxy) is 3. The molecule has 0 N–H and O–H groups in total. The van der Waals surface area contributed by atoms with Crippen LogP contribution in [0.5, 0.6) is 5.75 Å². The SMILES string of the molecule is C/C=C/CCC1COC(c2ccc(-c3ccc(-c4ccc(OCCCCCCC)c(F)c4F)cc3)c(F)c2F)OC1. The van der Waals surface area contributed by atoms with Crippen molar-refractivity contribution >= 4 is 0 Å². The lowest BCUT2D eigenvalue weighted by molar-refractivity contribution is -0.207. The molecule has 3 nitrogen and oxygen atoms in total. The lowest BCUT2D eigenvalue weighted by Gasteiger charge is -2.29. The molecule has 220 valence electrons. The smallest absolute Gasteiger partial charge is 0.201 e. The van der Waals surface area contributed by atoms with Crippen LogP contribution in [0, 0.1) is 29.2 Å². The van der Waals surface area contributed by atoms with Crippen LogP contribution >= 0.6 is 0 Å². The van der Waals surface area contributed by atoms with E-state index in [9.17, 15) is 8.78 Å². The monoisotopic (exact) mass is 570 g/mol. The maximum Gasteiger partial charge on any atom is 0.201 e. The van der Waals surface area contributed by atoms with Crippen LogP contribution in [-0.2, 0) is 9.47 Å². The number of benzene rings is 3. The summed E-state index contributed by atoms with van der Waals surface area (Å²) in [6.07, 6.45) is 10.0. The zero-order valence-corrected chi connectivity index (χ0v) is 23.7. The largest absolute Gasteiger partial charge is 0.490 e. The van der Waals surface area contributed by atoms with Gasteiger partial charge in [-0.2, -0.15) is 4.39 Å². The van der Waals surface area contributed by atoms with Crippen LogP contribution in [0.25, 0.3) is 22.3 Å². The third-order valence-corrected chi connectivity index (χ3v) is 7.37. The first-order valence-corrected chi connectivity index (χ1v) is 14.5. The summed E-state index contributed by atoms with van der Waals surface area (Å²) in [4.78, 5) is 0. The van der Waals surface area contributed by atoms with Crippen LogP contribution in [-0.4, -0.2) is 19.8 Å². The van der Waals surface area contributed by atoms with Crippen molar-refractivity contribution < 1.29 is 31.8 Å². The fourth-order valence-electron chi connectivity index (χ4n) is 4.94. The van der Waals surface area contributed by atoms with Crippen molar-refractivity contribution in [1.82, 2.24) is 0 Å². The van der Waals surface area contributed by atoms with Crippen LogP contribution in [0.1, 0.15) is 70.6 Å². The van der Waals surface area contributed by atoms with Gasteiger partial charge in [-0.15, -0.1) is 0 Å². The van der Waals surface area contributed by atoms with Gasteiger partial charge in [0.25, 0.3) is 0 Å². The predicted octanol–water partition coefficient (Wildman–Crippen LogP) is 9.94. The first-order chi connectivity index (χ1) is 19.9. The molecule has 0 unspecified atom stereocenters. The molecule has 0 aromatic heterocycles. The van der Waals surface area contributed by atoms with Gasteiger partial charge in [0.15, 0.2) is 29.5 Å². The number of allylic oxidation sites excluding steroid dienone is 2. The second-order valence-corrected chi connectivity index (χ2v) is 10.4. The third-order valence-electron chi connectivity index (χ3n) is 7.37. The van der Waals surface area contributed by atoms with Crippen molar-refractivity contribution in [3.63, 3.8) is 0 Å². The first kappa shape index (κ1) is 30.8. The van der Waals surface area contributed by atoms with Crippen molar-refractivity contribution in [2.24, 2.45) is 5.92 Å². The minimum atomic E-state index is -1.04. The Morgan fingerprint density at radius 3 is 2.00 bits per heavy atom. The summed E-state index contributed by atoms with van der Waals surface area (Å²) in [6.45, 7) is 5.24. The highest BCUT2D eigenvalue weighted by Gasteiger charge is 2.28. The standard InChI is InChI=1S/C34H38F4O3/c1-3-5-7-8-10-20-39-29-19-18-27(31(36)33(29)38)25-14-12-24(13-15-25)26-16-17-28(32(37)30(26)35)34-40-21-23(22-41-34)11-9-6-4-2/h4,6,12-19,23,34H,3,5,7-11,20-22H2,1-2H3/b6-4+. The first-order valence-electron chi connectivity index (χ1n) is 14.5. The van der Waals surface area contributed by atoms with Crippen LogP contribution in [0.15, 0.2) is 60.7 Å². The molecule has 0 spiro atoms. The van der Waals surface area contributed by atoms with Crippen molar-refractivity contribution in [2.75, 3.05) is 19.8 Å². The summed E-state index contributed by atoms with van der Waals surface area (Å²) in [5.74, 6) is -4.02. The Labute approximate surface area is 240 Å². The molecule has 1 aliphatic rings. The topological polar surface area (TPSA) is 27.7 Å². The van der Waals surface area contributed by atoms with Gasteiger partial charge in [0.05, 0.1) is 19.8 Å². The Morgan fingerprint density at radius 1 is 0.756 bits per heavy atom. The quantitative estimate of drug-likeness (QED) is 0.116. The van der Waals surface area contributed by atoms with E-state index in [4.69, 9.17) is 14.2 Å². The molecule has 0 saturated carbocycles. The van der Waals surface area contributed by atoms with E-state index >= 15 is 8.78 Å². The van der Waals surface area contributed by atoms with Gasteiger partial charge in [0.2, 0.25) is 5.82 Å². The maximum atomic E-state index is 15.1. The van der Waals surface area contributed by atoms with E-state index < -0.39 is 29.6 Å². The highest BCUT2D eigenvalue weighted by atomic mass is 19.2. The van der Waals surface area contributed by atoms with E-state index in [-0.39, 0.29) is 28.4 Å². The second kappa shape index (κ2) is 15.2. The van der Waals surface area contributed by atoms with E-state index in [0.717, 1.165) is 44.9 Å². The van der Waals surface area contributed by atoms with Gasteiger partial charge in [-0.05, 0) is 49.4 Å². The molecule has 3 aromatic carbocycles. The van der Waals surface area contributed by atoms with Crippen LogP contribution < -0.4 is 4.74 Å². The Balaban J connectivity index is 1.41. The molecule has 1 aliphatic heterocycles. The van der Waals surface area contributed by atoms with Gasteiger partial charge < -0.3 is 14.2 Å². The van der Waals surface area contributed by atoms with Gasteiger partial charge in [-0.3, -0.25) is 0 Å². The highest BCUT2D eigenvalue weighted by molar-refractivity contribution is 5.71. The molecule has 41 heavy (non-hydrogen) atoms. The molecule has 7 heteroatoms. The Kier molecular flexibility index (Phi) is 11.4. The number of halogens is 4. The molecule has 3 aromatic rings. The van der Waals surface area contributed by atoms with Gasteiger partial charge in [0.1, 0.15) is 0 Å². The summed E-state index contributed by atoms with van der Waals surface area (Å²) < 4.78 is 76.6. The molecular weight excluding hydrogens is 532 g/mol. The summed E-state index contributed by atoms with van der Waals surface area (Å²) in [5.41, 5.74) is 0.918. The third kappa shape index (κ3) is 7.77. The molecule has 0 bridgehead atoms. The lowest BCUT2D eigenvalue weighted by Crippen LogP contribution is -2.27. The fraction of sp³-hybridized carbons (Fsp3) is 0.412. The summed E-state index contributed by atoms with van der Waals surface area (Å²) in [7, 11) is 0. The average molecular weight is 571 g/mol. The summed E-state index contributed by atoms with van der Waals surface area (Å²) in [5, 5.41) is 0. The zero-order chi connectivity index (χ0) is 29.2. The van der Waals surface area contributed by atoms with Crippen molar-refractivity contribution in [2.45, 2.75) is 65.1 Å². The summed E-state index contributed by atoms with van der Waals surface area (Å²) in [6, 6.07) is 12.0. The van der Waals surface area contributed by atoms with Crippen molar-refractivity contribution in [3.8, 4) is 28.0 Å². The minimum Gasteiger partial charge on any atom is -0.490 e. The summed E-state index contributed by atoms with van der Waals surface area (Å²) >= 11 is 0. The van der Waals surface area contributed by atoms with Crippen LogP contribution in [0.3, 0.4) is 0 Å². The molecule has 0 aliphatic carbocycles. The van der Waals surface area contributed by atoms with Crippen molar-refractivity contribution in [1.29, 1.82) is 0 Å². The zero-order valence-electron chi connectivity index (χ0n) is 23.7. The molecule has 1 heterocycles. The van der Waals surface area contributed by atoms with E-state index in [1.165, 1.54) is 24.3 Å². The highest BCUT2D eigenvalue weighted by Crippen LogP contribution is 2.35. The second-order valence-electron chi connectivity index (χ2n) is 10.4. The maximum absolute atomic E-state index is 15.1. The predicted molar refractivity (Wildman–Crippen MR) is 154 cm³/mol. The molecule has 0 atom stereocenters. The molecule has 1 saturated heterocycles. The van der Waals surface area contributed by atoms with Gasteiger partial charge in [-0.1, -0.05) is 81.2 Å². The Morgan fingerprint density at radius 2 is 1.37 bits per heavy atom. The number of rotatable bonds is 13. The molecule has 0 radical (unpaired) electrons. The van der Waals surface area contributed by atoms with Crippen LogP contribution in [0.2, 0.25) is 0 Å². The minimum absolute atomic E-state index is 0.00980. The molecule has 4 rings (SSSR count). The molecular formula is C34H38F4O3. The number of hydrogen-bond acceptors (Lipinski definition) is 3. The Bertz CT molecular complexity index is 1300. The average Bonchev–Trinajstić information content (AvgIpc) is 2.99. The van der Waals surface area contributed by atoms with E-state index in [0.29, 0.717) is 30.9 Å².